The quantitative estimate of drug-likeness (QED) is 0.0454. The fourth-order valence-electron chi connectivity index (χ4n) is 17.0. The normalized spacial score (nSPS) is 18.6. The van der Waals surface area contributed by atoms with Crippen molar-refractivity contribution in [3.05, 3.63) is 277 Å². The topological polar surface area (TPSA) is 386 Å². The second-order valence-corrected chi connectivity index (χ2v) is 31.1. The molecule has 36 heteroatoms. The molecule has 0 radical (unpaired) electrons. The van der Waals surface area contributed by atoms with Gasteiger partial charge in [0.2, 0.25) is 0 Å². The first-order chi connectivity index (χ1) is 64.5. The van der Waals surface area contributed by atoms with Gasteiger partial charge in [-0.05, 0) is 96.5 Å². The predicted molar refractivity (Wildman–Crippen MR) is 482 cm³/mol. The molecule has 672 valence electrons. The molecule has 18 rings (SSSR count). The summed E-state index contributed by atoms with van der Waals surface area (Å²) in [5.41, 5.74) is 12.2. The molecular formula is C96H90N18O18. The van der Waals surface area contributed by atoms with Crippen LogP contribution >= 0.6 is 0 Å². The van der Waals surface area contributed by atoms with E-state index in [1.807, 2.05) is 54.9 Å². The van der Waals surface area contributed by atoms with Crippen molar-refractivity contribution in [2.45, 2.75) is 88.7 Å². The third-order valence-corrected chi connectivity index (χ3v) is 23.5. The third-order valence-electron chi connectivity index (χ3n) is 23.5. The number of carbonyl (C=O) groups excluding carboxylic acids is 6. The van der Waals surface area contributed by atoms with Crippen molar-refractivity contribution in [2.75, 3.05) is 91.9 Å². The van der Waals surface area contributed by atoms with Gasteiger partial charge in [0, 0.05) is 149 Å². The van der Waals surface area contributed by atoms with Gasteiger partial charge >= 0.3 is 12.2 Å². The van der Waals surface area contributed by atoms with Crippen molar-refractivity contribution < 1.29 is 85.6 Å². The van der Waals surface area contributed by atoms with E-state index in [4.69, 9.17) is 76.8 Å². The van der Waals surface area contributed by atoms with E-state index in [1.165, 1.54) is 102 Å². The van der Waals surface area contributed by atoms with E-state index < -0.39 is 36.7 Å². The van der Waals surface area contributed by atoms with E-state index in [0.717, 1.165) is 44.5 Å². The van der Waals surface area contributed by atoms with Gasteiger partial charge in [-0.15, -0.1) is 0 Å². The summed E-state index contributed by atoms with van der Waals surface area (Å²) in [5.74, 6) is 1.53. The standard InChI is InChI=1S/C53H53N9O12.C43H37N9O6/c1-7-16-71-52(65)61-40-22-46(44(67-3)20-38(40)48(63)59-14-12-32(18-42(59)50(61)69-5)34-24-54-30-55-25-34)73-28-36-10-9-11-37(58-36)29-74-47-23-41-39(21-45(47)68-4)49(64)60-15-13-33(35-26-56-31-57-27-35)19-43(60)51(70-6)62(41)53(66)72-17-8-2;1-55-38-12-34-36(48-20-32-10-26(6-8-51(32)42(34)53)28-16-44-24-45-17-28)14-40(38)57-22-30-4-3-5-31(50-30)23-58-41-15-37-35(13-39(41)56-2)43(54)52-9-7-27(11-33(52)21-49-37)29-18-46-25-47-19-29/h7-13,20-27,30-31,42-43,50-51H,1-2,14-19,28-29H2,3-6H3;3-7,12-21,24-25,32-33H,8-11,22-23H2,1-2H3/t42-,43-,50?,51?;32-,33-/m00/s1. The number of ether oxygens (including phenoxy) is 12. The fraction of sp³-hybridized carbons (Fsp3) is 0.271. The Morgan fingerprint density at radius 2 is 0.674 bits per heavy atom. The molecule has 14 heterocycles. The number of amides is 6. The summed E-state index contributed by atoms with van der Waals surface area (Å²) >= 11 is 0. The van der Waals surface area contributed by atoms with Crippen LogP contribution in [0.3, 0.4) is 0 Å². The molecule has 6 aromatic heterocycles. The Balaban J connectivity index is 0.000000190. The molecular weight excluding hydrogens is 1690 g/mol. The van der Waals surface area contributed by atoms with Crippen LogP contribution in [0.2, 0.25) is 0 Å². The van der Waals surface area contributed by atoms with Crippen LogP contribution in [0.1, 0.15) is 112 Å². The van der Waals surface area contributed by atoms with Gasteiger partial charge in [-0.3, -0.25) is 39.1 Å². The lowest BCUT2D eigenvalue weighted by molar-refractivity contribution is 0.0175. The first-order valence-corrected chi connectivity index (χ1v) is 42.1. The van der Waals surface area contributed by atoms with E-state index in [1.54, 1.807) is 124 Å². The molecule has 0 aliphatic carbocycles. The summed E-state index contributed by atoms with van der Waals surface area (Å²) in [5, 5.41) is 0. The molecule has 8 aliphatic heterocycles. The van der Waals surface area contributed by atoms with Gasteiger partial charge < -0.3 is 76.4 Å². The molecule has 0 bridgehead atoms. The van der Waals surface area contributed by atoms with E-state index in [-0.39, 0.29) is 134 Å². The zero-order chi connectivity index (χ0) is 91.5. The number of pyridine rings is 2. The minimum Gasteiger partial charge on any atom is -0.493 e. The molecule has 0 N–H and O–H groups in total. The Morgan fingerprint density at radius 3 is 0.985 bits per heavy atom. The number of methoxy groups -OCH3 is 6. The van der Waals surface area contributed by atoms with E-state index in [2.05, 4.69) is 53.0 Å². The smallest absolute Gasteiger partial charge is 0.416 e. The second kappa shape index (κ2) is 39.7. The highest BCUT2D eigenvalue weighted by molar-refractivity contribution is 6.09. The van der Waals surface area contributed by atoms with Crippen molar-refractivity contribution in [1.82, 2.24) is 69.4 Å². The number of nitrogens with zero attached hydrogens (tertiary/aromatic N) is 18. The minimum atomic E-state index is -0.997. The molecule has 4 aromatic carbocycles. The maximum absolute atomic E-state index is 14.5. The van der Waals surface area contributed by atoms with Crippen LogP contribution in [0.15, 0.2) is 219 Å². The average Bonchev–Trinajstić information content (AvgIpc) is 1.59. The van der Waals surface area contributed by atoms with E-state index >= 15 is 0 Å². The molecule has 6 atom stereocenters. The van der Waals surface area contributed by atoms with Crippen molar-refractivity contribution >= 4 is 93.3 Å². The number of aliphatic imine (C=N–C) groups is 2. The molecule has 10 aromatic rings. The second-order valence-electron chi connectivity index (χ2n) is 31.1. The predicted octanol–water partition coefficient (Wildman–Crippen LogP) is 12.5. The summed E-state index contributed by atoms with van der Waals surface area (Å²) in [7, 11) is 8.91. The minimum absolute atomic E-state index is 0.0806. The largest absolute Gasteiger partial charge is 0.493 e. The lowest BCUT2D eigenvalue weighted by Crippen LogP contribution is -2.55. The molecule has 8 aliphatic rings. The van der Waals surface area contributed by atoms with Gasteiger partial charge in [-0.1, -0.05) is 61.7 Å². The lowest BCUT2D eigenvalue weighted by atomic mass is 9.94. The first-order valence-electron chi connectivity index (χ1n) is 42.1. The zero-order valence-electron chi connectivity index (χ0n) is 72.8. The number of benzene rings is 4. The van der Waals surface area contributed by atoms with Gasteiger partial charge in [0.05, 0.1) is 120 Å². The van der Waals surface area contributed by atoms with Gasteiger partial charge in [0.15, 0.2) is 58.5 Å². The van der Waals surface area contributed by atoms with E-state index in [0.29, 0.717) is 107 Å². The average molecular weight is 1780 g/mol. The number of fused-ring (bicyclic) bond motifs is 8. The van der Waals surface area contributed by atoms with Crippen LogP contribution in [0.4, 0.5) is 32.3 Å². The Bertz CT molecular complexity index is 5920. The zero-order valence-corrected chi connectivity index (χ0v) is 72.8. The van der Waals surface area contributed by atoms with Crippen molar-refractivity contribution in [3.8, 4) is 46.0 Å². The first kappa shape index (κ1) is 88.1. The van der Waals surface area contributed by atoms with Crippen LogP contribution in [0, 0.1) is 0 Å². The number of anilines is 2. The summed E-state index contributed by atoms with van der Waals surface area (Å²) < 4.78 is 71.4. The summed E-state index contributed by atoms with van der Waals surface area (Å²) in [4.78, 5) is 146. The van der Waals surface area contributed by atoms with Gasteiger partial charge in [0.25, 0.3) is 23.6 Å². The molecule has 6 amide bonds. The van der Waals surface area contributed by atoms with Crippen molar-refractivity contribution in [3.63, 3.8) is 0 Å². The number of carbonyl (C=O) groups is 6. The summed E-state index contributed by atoms with van der Waals surface area (Å²) in [6, 6.07) is 22.1. The lowest BCUT2D eigenvalue weighted by Gasteiger charge is -2.40. The SMILES string of the molecule is C=CCOC(=O)N1c2cc(OCc3cccc(COc4cc5c(cc4OC)C(=O)N4CC=C(c6cncnc6)C[C@H]4C(OC)N5C(=O)OCC=C)n3)c(OC)cc2C(=O)N2CC=C(c3cncnc3)C[C@H]2C1OC.COc1cc2c(cc1OCc1cccc(COc3cc4c(cc3OC)C(=O)N3CC=C(c5cncnc5)C[C@H]3C=N4)n1)N=C[C@@H]1CC(c3cncnc3)=CCN1C2=O. The highest BCUT2D eigenvalue weighted by Gasteiger charge is 2.49. The molecule has 0 fully saturated rings. The highest BCUT2D eigenvalue weighted by atomic mass is 16.6. The van der Waals surface area contributed by atoms with E-state index in [9.17, 15) is 28.8 Å². The number of rotatable bonds is 26. The van der Waals surface area contributed by atoms with Crippen LogP contribution in [-0.4, -0.2) is 236 Å². The Morgan fingerprint density at radius 1 is 0.379 bits per heavy atom. The van der Waals surface area contributed by atoms with Gasteiger partial charge in [0.1, 0.15) is 65.0 Å². The molecule has 0 spiro atoms. The molecule has 0 saturated heterocycles. The number of hydrogen-bond acceptors (Lipinski definition) is 30. The fourth-order valence-corrected chi connectivity index (χ4v) is 17.0. The van der Waals surface area contributed by atoms with Crippen molar-refractivity contribution in [2.24, 2.45) is 9.98 Å². The van der Waals surface area contributed by atoms with Crippen molar-refractivity contribution in [1.29, 1.82) is 0 Å². The third kappa shape index (κ3) is 18.3. The molecule has 132 heavy (non-hydrogen) atoms. The summed E-state index contributed by atoms with van der Waals surface area (Å²) in [6.07, 6.45) is 32.5. The summed E-state index contributed by atoms with van der Waals surface area (Å²) in [6.45, 7) is 8.57. The molecule has 2 unspecified atom stereocenters. The van der Waals surface area contributed by atoms with Crippen LogP contribution in [0.25, 0.3) is 22.3 Å². The van der Waals surface area contributed by atoms with Gasteiger partial charge in [-0.25, -0.2) is 59.3 Å². The Kier molecular flexibility index (Phi) is 26.5. The Hall–Kier alpha value is -16.0. The van der Waals surface area contributed by atoms with Crippen LogP contribution < -0.4 is 47.7 Å². The van der Waals surface area contributed by atoms with Crippen LogP contribution in [-0.2, 0) is 45.4 Å². The molecule has 0 saturated carbocycles. The number of hydrogen-bond donors (Lipinski definition) is 0. The van der Waals surface area contributed by atoms with Gasteiger partial charge in [-0.2, -0.15) is 0 Å². The number of aromatic nitrogens is 10. The van der Waals surface area contributed by atoms with Crippen LogP contribution in [0.5, 0.6) is 46.0 Å². The molecule has 36 nitrogen and oxygen atoms in total. The maximum atomic E-state index is 14.5. The maximum Gasteiger partial charge on any atom is 0.416 e. The highest BCUT2D eigenvalue weighted by Crippen LogP contribution is 2.48. The Labute approximate surface area is 757 Å². The monoisotopic (exact) mass is 1780 g/mol.